The maximum Gasteiger partial charge on any atom is 0.240 e. The van der Waals surface area contributed by atoms with Crippen LogP contribution in [0.1, 0.15) is 44.1 Å². The molecule has 0 radical (unpaired) electrons. The first-order valence-corrected chi connectivity index (χ1v) is 7.60. The van der Waals surface area contributed by atoms with Crippen molar-refractivity contribution in [2.45, 2.75) is 44.9 Å². The summed E-state index contributed by atoms with van der Waals surface area (Å²) in [5, 5.41) is 12.3. The second kappa shape index (κ2) is 7.21. The van der Waals surface area contributed by atoms with Crippen LogP contribution in [0.3, 0.4) is 0 Å². The molecule has 0 saturated heterocycles. The van der Waals surface area contributed by atoms with Crippen molar-refractivity contribution < 1.29 is 9.18 Å². The number of halogens is 1. The third kappa shape index (κ3) is 4.04. The summed E-state index contributed by atoms with van der Waals surface area (Å²) in [6.45, 7) is 0.436. The zero-order valence-corrected chi connectivity index (χ0v) is 12.2. The molecule has 0 aliphatic heterocycles. The van der Waals surface area contributed by atoms with E-state index >= 15 is 0 Å². The van der Waals surface area contributed by atoms with Crippen molar-refractivity contribution in [2.24, 2.45) is 5.41 Å². The van der Waals surface area contributed by atoms with Crippen LogP contribution in [-0.4, -0.2) is 12.5 Å². The molecular formula is C17H21FN2O. The first kappa shape index (κ1) is 15.5. The highest BCUT2D eigenvalue weighted by Gasteiger charge is 2.38. The van der Waals surface area contributed by atoms with Gasteiger partial charge >= 0.3 is 0 Å². The topological polar surface area (TPSA) is 52.9 Å². The fourth-order valence-corrected chi connectivity index (χ4v) is 2.90. The second-order valence-electron chi connectivity index (χ2n) is 5.74. The van der Waals surface area contributed by atoms with Gasteiger partial charge in [-0.15, -0.1) is 0 Å². The van der Waals surface area contributed by atoms with Gasteiger partial charge < -0.3 is 5.32 Å². The highest BCUT2D eigenvalue weighted by Crippen LogP contribution is 2.34. The smallest absolute Gasteiger partial charge is 0.240 e. The lowest BCUT2D eigenvalue weighted by molar-refractivity contribution is -0.128. The molecule has 1 N–H and O–H groups in total. The molecule has 1 amide bonds. The number of benzene rings is 1. The van der Waals surface area contributed by atoms with Crippen LogP contribution < -0.4 is 5.32 Å². The lowest BCUT2D eigenvalue weighted by Gasteiger charge is -2.23. The molecule has 0 bridgehead atoms. The molecule has 0 spiro atoms. The zero-order valence-electron chi connectivity index (χ0n) is 12.2. The summed E-state index contributed by atoms with van der Waals surface area (Å²) in [5.74, 6) is -0.431. The SMILES string of the molecule is N#CC1(C(=O)NCCc2cccc(F)c2)CCCCCC1. The van der Waals surface area contributed by atoms with Crippen LogP contribution in [0.25, 0.3) is 0 Å². The Morgan fingerprint density at radius 2 is 2.00 bits per heavy atom. The number of carbonyl (C=O) groups excluding carboxylic acids is 1. The zero-order chi connectivity index (χ0) is 15.1. The molecule has 1 fully saturated rings. The molecule has 1 aliphatic carbocycles. The Balaban J connectivity index is 1.89. The van der Waals surface area contributed by atoms with Gasteiger partial charge in [0.2, 0.25) is 5.91 Å². The minimum atomic E-state index is -0.863. The van der Waals surface area contributed by atoms with Crippen molar-refractivity contribution in [1.29, 1.82) is 5.26 Å². The van der Waals surface area contributed by atoms with Gasteiger partial charge in [-0.05, 0) is 37.0 Å². The average Bonchev–Trinajstić information content (AvgIpc) is 2.73. The van der Waals surface area contributed by atoms with E-state index < -0.39 is 5.41 Å². The Morgan fingerprint density at radius 1 is 1.29 bits per heavy atom. The van der Waals surface area contributed by atoms with Gasteiger partial charge in [0.25, 0.3) is 0 Å². The molecule has 21 heavy (non-hydrogen) atoms. The largest absolute Gasteiger partial charge is 0.354 e. The Morgan fingerprint density at radius 3 is 2.62 bits per heavy atom. The predicted molar refractivity (Wildman–Crippen MR) is 78.9 cm³/mol. The maximum absolute atomic E-state index is 13.1. The molecule has 4 heteroatoms. The molecule has 0 heterocycles. The van der Waals surface area contributed by atoms with Gasteiger partial charge in [-0.25, -0.2) is 4.39 Å². The Hall–Kier alpha value is -1.89. The van der Waals surface area contributed by atoms with Gasteiger partial charge in [-0.2, -0.15) is 5.26 Å². The number of nitrogens with zero attached hydrogens (tertiary/aromatic N) is 1. The Bertz CT molecular complexity index is 528. The first-order chi connectivity index (χ1) is 10.2. The molecule has 1 aromatic carbocycles. The summed E-state index contributed by atoms with van der Waals surface area (Å²) in [6.07, 6.45) is 5.94. The maximum atomic E-state index is 13.1. The molecule has 112 valence electrons. The van der Waals surface area contributed by atoms with E-state index in [0.717, 1.165) is 31.2 Å². The van der Waals surface area contributed by atoms with E-state index in [4.69, 9.17) is 0 Å². The van der Waals surface area contributed by atoms with Crippen molar-refractivity contribution in [2.75, 3.05) is 6.54 Å². The van der Waals surface area contributed by atoms with Gasteiger partial charge in [0.15, 0.2) is 0 Å². The van der Waals surface area contributed by atoms with E-state index in [1.54, 1.807) is 6.07 Å². The van der Waals surface area contributed by atoms with E-state index in [2.05, 4.69) is 11.4 Å². The molecule has 0 atom stereocenters. The molecular weight excluding hydrogens is 267 g/mol. The van der Waals surface area contributed by atoms with Gasteiger partial charge in [0.1, 0.15) is 11.2 Å². The number of nitriles is 1. The van der Waals surface area contributed by atoms with Crippen molar-refractivity contribution in [3.63, 3.8) is 0 Å². The molecule has 3 nitrogen and oxygen atoms in total. The number of rotatable bonds is 4. The fraction of sp³-hybridized carbons (Fsp3) is 0.529. The lowest BCUT2D eigenvalue weighted by atomic mass is 9.81. The standard InChI is InChI=1S/C17H21FN2O/c18-15-7-5-6-14(12-15)8-11-20-16(21)17(13-19)9-3-1-2-4-10-17/h5-7,12H,1-4,8-11H2,(H,20,21). The normalized spacial score (nSPS) is 17.5. The van der Waals surface area contributed by atoms with Crippen LogP contribution in [0.2, 0.25) is 0 Å². The van der Waals surface area contributed by atoms with Gasteiger partial charge in [-0.1, -0.05) is 37.8 Å². The molecule has 1 aromatic rings. The van der Waals surface area contributed by atoms with Crippen molar-refractivity contribution >= 4 is 5.91 Å². The van der Waals surface area contributed by atoms with Gasteiger partial charge in [0.05, 0.1) is 6.07 Å². The van der Waals surface area contributed by atoms with E-state index in [1.807, 2.05) is 6.07 Å². The van der Waals surface area contributed by atoms with Crippen LogP contribution in [0, 0.1) is 22.6 Å². The number of hydrogen-bond donors (Lipinski definition) is 1. The summed E-state index contributed by atoms with van der Waals surface area (Å²) >= 11 is 0. The van der Waals surface area contributed by atoms with Crippen LogP contribution in [0.15, 0.2) is 24.3 Å². The third-order valence-electron chi connectivity index (χ3n) is 4.19. The van der Waals surface area contributed by atoms with Crippen LogP contribution >= 0.6 is 0 Å². The lowest BCUT2D eigenvalue weighted by Crippen LogP contribution is -2.40. The number of hydrogen-bond acceptors (Lipinski definition) is 2. The minimum Gasteiger partial charge on any atom is -0.354 e. The molecule has 0 unspecified atom stereocenters. The minimum absolute atomic E-state index is 0.164. The summed E-state index contributed by atoms with van der Waals surface area (Å²) in [5.41, 5.74) is -0.0134. The van der Waals surface area contributed by atoms with E-state index in [-0.39, 0.29) is 11.7 Å². The predicted octanol–water partition coefficient (Wildman–Crippen LogP) is 3.35. The number of amides is 1. The third-order valence-corrected chi connectivity index (χ3v) is 4.19. The van der Waals surface area contributed by atoms with Gasteiger partial charge in [0, 0.05) is 6.54 Å². The first-order valence-electron chi connectivity index (χ1n) is 7.60. The second-order valence-corrected chi connectivity index (χ2v) is 5.74. The monoisotopic (exact) mass is 288 g/mol. The molecule has 0 aromatic heterocycles. The fourth-order valence-electron chi connectivity index (χ4n) is 2.90. The van der Waals surface area contributed by atoms with E-state index in [1.165, 1.54) is 12.1 Å². The van der Waals surface area contributed by atoms with Crippen LogP contribution in [0.4, 0.5) is 4.39 Å². The van der Waals surface area contributed by atoms with Crippen LogP contribution in [0.5, 0.6) is 0 Å². The quantitative estimate of drug-likeness (QED) is 0.864. The van der Waals surface area contributed by atoms with Crippen molar-refractivity contribution in [3.8, 4) is 6.07 Å². The summed E-state index contributed by atoms with van der Waals surface area (Å²) in [6, 6.07) is 8.61. The van der Waals surface area contributed by atoms with Gasteiger partial charge in [-0.3, -0.25) is 4.79 Å². The highest BCUT2D eigenvalue weighted by atomic mass is 19.1. The summed E-state index contributed by atoms with van der Waals surface area (Å²) in [4.78, 5) is 12.4. The van der Waals surface area contributed by atoms with E-state index in [0.29, 0.717) is 25.8 Å². The Kier molecular flexibility index (Phi) is 5.32. The Labute approximate surface area is 125 Å². The average molecular weight is 288 g/mol. The molecule has 1 aliphatic rings. The highest BCUT2D eigenvalue weighted by molar-refractivity contribution is 5.85. The summed E-state index contributed by atoms with van der Waals surface area (Å²) < 4.78 is 13.1. The number of carbonyl (C=O) groups is 1. The summed E-state index contributed by atoms with van der Waals surface area (Å²) in [7, 11) is 0. The van der Waals surface area contributed by atoms with E-state index in [9.17, 15) is 14.4 Å². The number of nitrogens with one attached hydrogen (secondary N) is 1. The molecule has 1 saturated carbocycles. The van der Waals surface area contributed by atoms with Crippen LogP contribution in [-0.2, 0) is 11.2 Å². The molecule has 2 rings (SSSR count). The van der Waals surface area contributed by atoms with Crippen molar-refractivity contribution in [3.05, 3.63) is 35.6 Å². The van der Waals surface area contributed by atoms with Crippen molar-refractivity contribution in [1.82, 2.24) is 5.32 Å².